The lowest BCUT2D eigenvalue weighted by Gasteiger charge is -2.25. The van der Waals surface area contributed by atoms with Crippen LogP contribution in [-0.4, -0.2) is 83.1 Å². The van der Waals surface area contributed by atoms with Gasteiger partial charge in [-0.2, -0.15) is 0 Å². The summed E-state index contributed by atoms with van der Waals surface area (Å²) in [5, 5.41) is 25.9. The first-order valence-corrected chi connectivity index (χ1v) is 11.8. The van der Waals surface area contributed by atoms with E-state index in [1.807, 2.05) is 0 Å². The van der Waals surface area contributed by atoms with Crippen molar-refractivity contribution in [3.63, 3.8) is 0 Å². The zero-order chi connectivity index (χ0) is 28.7. The molecule has 210 valence electrons. The highest BCUT2D eigenvalue weighted by molar-refractivity contribution is 5.94. The van der Waals surface area contributed by atoms with Crippen LogP contribution in [0, 0.1) is 0 Å². The van der Waals surface area contributed by atoms with Gasteiger partial charge in [-0.05, 0) is 24.8 Å². The van der Waals surface area contributed by atoms with E-state index in [1.54, 1.807) is 30.3 Å². The van der Waals surface area contributed by atoms with Crippen molar-refractivity contribution in [2.24, 2.45) is 27.9 Å². The summed E-state index contributed by atoms with van der Waals surface area (Å²) in [7, 11) is 0. The summed E-state index contributed by atoms with van der Waals surface area (Å²) in [6.45, 7) is -0.530. The maximum Gasteiger partial charge on any atom is 0.326 e. The van der Waals surface area contributed by atoms with Gasteiger partial charge >= 0.3 is 5.97 Å². The van der Waals surface area contributed by atoms with E-state index in [-0.39, 0.29) is 44.6 Å². The molecule has 0 radical (unpaired) electrons. The third kappa shape index (κ3) is 12.1. The first-order valence-electron chi connectivity index (χ1n) is 11.8. The summed E-state index contributed by atoms with van der Waals surface area (Å²) in [5.74, 6) is -4.65. The van der Waals surface area contributed by atoms with Crippen LogP contribution in [-0.2, 0) is 30.4 Å². The number of hydrogen-bond acceptors (Lipinski definition) is 8. The zero-order valence-electron chi connectivity index (χ0n) is 20.8. The molecule has 38 heavy (non-hydrogen) atoms. The molecule has 13 N–H and O–H groups in total. The van der Waals surface area contributed by atoms with Gasteiger partial charge in [0, 0.05) is 19.4 Å². The van der Waals surface area contributed by atoms with Crippen LogP contribution in [0.4, 0.5) is 0 Å². The summed E-state index contributed by atoms with van der Waals surface area (Å²) >= 11 is 0. The van der Waals surface area contributed by atoms with Crippen molar-refractivity contribution in [2.45, 2.75) is 56.3 Å². The highest BCUT2D eigenvalue weighted by Gasteiger charge is 2.30. The molecular weight excluding hydrogens is 500 g/mol. The Morgan fingerprint density at radius 2 is 1.42 bits per heavy atom. The van der Waals surface area contributed by atoms with E-state index in [0.29, 0.717) is 5.56 Å². The minimum Gasteiger partial charge on any atom is -0.480 e. The molecule has 0 saturated carbocycles. The van der Waals surface area contributed by atoms with Crippen LogP contribution in [0.25, 0.3) is 0 Å². The van der Waals surface area contributed by atoms with E-state index in [4.69, 9.17) is 28.0 Å². The number of aliphatic carboxylic acids is 1. The molecule has 0 saturated heterocycles. The summed E-state index contributed by atoms with van der Waals surface area (Å²) in [6.07, 6.45) is -0.199. The first-order chi connectivity index (χ1) is 17.9. The number of amides is 4. The molecular formula is C23H36N8O7. The minimum absolute atomic E-state index is 0.00854. The number of carboxylic acid groups (broad SMARTS) is 1. The predicted octanol–water partition coefficient (Wildman–Crippen LogP) is -3.59. The number of carboxylic acids is 1. The number of benzene rings is 1. The average Bonchev–Trinajstić information content (AvgIpc) is 2.87. The number of nitrogens with zero attached hydrogens (tertiary/aromatic N) is 1. The van der Waals surface area contributed by atoms with Crippen LogP contribution in [0.15, 0.2) is 35.3 Å². The average molecular weight is 537 g/mol. The van der Waals surface area contributed by atoms with Crippen molar-refractivity contribution in [3.05, 3.63) is 35.9 Å². The summed E-state index contributed by atoms with van der Waals surface area (Å²) in [4.78, 5) is 65.2. The van der Waals surface area contributed by atoms with Crippen molar-refractivity contribution in [3.8, 4) is 0 Å². The van der Waals surface area contributed by atoms with E-state index < -0.39 is 60.4 Å². The largest absolute Gasteiger partial charge is 0.480 e. The Balaban J connectivity index is 3.10. The predicted molar refractivity (Wildman–Crippen MR) is 137 cm³/mol. The molecule has 1 rings (SSSR count). The quantitative estimate of drug-likeness (QED) is 0.0535. The van der Waals surface area contributed by atoms with E-state index in [1.165, 1.54) is 0 Å². The van der Waals surface area contributed by atoms with Gasteiger partial charge in [0.15, 0.2) is 5.96 Å². The maximum atomic E-state index is 13.1. The second-order valence-electron chi connectivity index (χ2n) is 8.45. The number of rotatable bonds is 17. The van der Waals surface area contributed by atoms with Crippen LogP contribution < -0.4 is 38.9 Å². The lowest BCUT2D eigenvalue weighted by Crippen LogP contribution is -2.58. The molecule has 4 atom stereocenters. The Kier molecular flexibility index (Phi) is 13.8. The van der Waals surface area contributed by atoms with Gasteiger partial charge in [0.1, 0.15) is 24.2 Å². The van der Waals surface area contributed by atoms with Crippen molar-refractivity contribution < 1.29 is 34.2 Å². The number of hydrogen-bond donors (Lipinski definition) is 9. The Hall–Kier alpha value is -4.24. The van der Waals surface area contributed by atoms with Crippen LogP contribution in [0.2, 0.25) is 0 Å². The molecule has 4 unspecified atom stereocenters. The van der Waals surface area contributed by atoms with Crippen molar-refractivity contribution in [1.82, 2.24) is 16.0 Å². The number of aliphatic hydroxyl groups excluding tert-OH is 1. The monoisotopic (exact) mass is 536 g/mol. The molecule has 4 amide bonds. The van der Waals surface area contributed by atoms with Gasteiger partial charge in [-0.1, -0.05) is 30.3 Å². The number of guanidine groups is 1. The molecule has 0 bridgehead atoms. The van der Waals surface area contributed by atoms with Gasteiger partial charge in [-0.3, -0.25) is 24.2 Å². The number of aliphatic imine (C=N–C) groups is 1. The Labute approximate surface area is 219 Å². The van der Waals surface area contributed by atoms with Gasteiger partial charge < -0.3 is 49.1 Å². The lowest BCUT2D eigenvalue weighted by atomic mass is 10.0. The van der Waals surface area contributed by atoms with Crippen molar-refractivity contribution >= 4 is 35.6 Å². The highest BCUT2D eigenvalue weighted by Crippen LogP contribution is 2.07. The van der Waals surface area contributed by atoms with Crippen LogP contribution in [0.5, 0.6) is 0 Å². The molecule has 0 heterocycles. The number of nitrogens with two attached hydrogens (primary N) is 4. The maximum absolute atomic E-state index is 13.1. The lowest BCUT2D eigenvalue weighted by molar-refractivity contribution is -0.142. The zero-order valence-corrected chi connectivity index (χ0v) is 20.8. The van der Waals surface area contributed by atoms with Gasteiger partial charge in [0.05, 0.1) is 6.61 Å². The summed E-state index contributed by atoms with van der Waals surface area (Å²) < 4.78 is 0. The molecule has 15 nitrogen and oxygen atoms in total. The van der Waals surface area contributed by atoms with E-state index in [9.17, 15) is 29.1 Å². The van der Waals surface area contributed by atoms with Crippen LogP contribution in [0.3, 0.4) is 0 Å². The summed E-state index contributed by atoms with van der Waals surface area (Å²) in [5.41, 5.74) is 21.8. The second kappa shape index (κ2) is 16.5. The number of primary amides is 1. The third-order valence-electron chi connectivity index (χ3n) is 5.32. The third-order valence-corrected chi connectivity index (χ3v) is 5.32. The molecule has 1 aromatic rings. The number of nitrogens with one attached hydrogen (secondary N) is 3. The molecule has 15 heteroatoms. The molecule has 0 aliphatic rings. The normalized spacial score (nSPS) is 13.7. The topological polar surface area (TPSA) is 278 Å². The van der Waals surface area contributed by atoms with Gasteiger partial charge in [-0.25, -0.2) is 4.79 Å². The Morgan fingerprint density at radius 1 is 0.842 bits per heavy atom. The molecule has 0 spiro atoms. The summed E-state index contributed by atoms with van der Waals surface area (Å²) in [6, 6.07) is 3.46. The van der Waals surface area contributed by atoms with E-state index in [2.05, 4.69) is 20.9 Å². The first kappa shape index (κ1) is 31.8. The Morgan fingerprint density at radius 3 is 1.97 bits per heavy atom. The number of aliphatic hydroxyl groups is 1. The standard InChI is InChI=1S/C23H36N8O7/c24-14(12-32)19(34)29-15(8-9-18(25)33)20(35)31-17(11-13-5-2-1-3-6-13)21(36)30-16(22(37)38)7-4-10-28-23(26)27/h1-3,5-6,14-17,32H,4,7-12,24H2,(H2,25,33)(H,29,34)(H,30,36)(H,31,35)(H,37,38)(H4,26,27,28). The minimum atomic E-state index is -1.32. The van der Waals surface area contributed by atoms with E-state index in [0.717, 1.165) is 0 Å². The van der Waals surface area contributed by atoms with E-state index >= 15 is 0 Å². The smallest absolute Gasteiger partial charge is 0.326 e. The number of carbonyl (C=O) groups is 5. The Bertz CT molecular complexity index is 985. The van der Waals surface area contributed by atoms with Crippen LogP contribution >= 0.6 is 0 Å². The van der Waals surface area contributed by atoms with Gasteiger partial charge in [-0.15, -0.1) is 0 Å². The van der Waals surface area contributed by atoms with Crippen LogP contribution in [0.1, 0.15) is 31.2 Å². The van der Waals surface area contributed by atoms with Crippen molar-refractivity contribution in [1.29, 1.82) is 0 Å². The van der Waals surface area contributed by atoms with Gasteiger partial charge in [0.25, 0.3) is 0 Å². The second-order valence-corrected chi connectivity index (χ2v) is 8.45. The molecule has 0 aliphatic carbocycles. The highest BCUT2D eigenvalue weighted by atomic mass is 16.4. The molecule has 0 aliphatic heterocycles. The molecule has 0 aromatic heterocycles. The fourth-order valence-electron chi connectivity index (χ4n) is 3.28. The van der Waals surface area contributed by atoms with Gasteiger partial charge in [0.2, 0.25) is 23.6 Å². The van der Waals surface area contributed by atoms with Crippen molar-refractivity contribution in [2.75, 3.05) is 13.2 Å². The SMILES string of the molecule is NC(=O)CCC(NC(=O)C(N)CO)C(=O)NC(Cc1ccccc1)C(=O)NC(CCCN=C(N)N)C(=O)O. The molecule has 1 aromatic carbocycles. The fraction of sp³-hybridized carbons (Fsp3) is 0.478. The molecule has 0 fully saturated rings. The fourth-order valence-corrected chi connectivity index (χ4v) is 3.28. The number of carbonyl (C=O) groups excluding carboxylic acids is 4.